The first-order chi connectivity index (χ1) is 17.8. The Morgan fingerprint density at radius 1 is 1.19 bits per heavy atom. The maximum Gasteiger partial charge on any atom is 0.276 e. The van der Waals surface area contributed by atoms with Gasteiger partial charge in [-0.1, -0.05) is 25.1 Å². The third-order valence-corrected chi connectivity index (χ3v) is 6.67. The van der Waals surface area contributed by atoms with Gasteiger partial charge in [-0.15, -0.1) is 0 Å². The Bertz CT molecular complexity index is 1460. The maximum atomic E-state index is 14.0. The normalized spacial score (nSPS) is 14.9. The Morgan fingerprint density at radius 2 is 2.03 bits per heavy atom. The van der Waals surface area contributed by atoms with Gasteiger partial charge in [-0.05, 0) is 54.4 Å². The summed E-state index contributed by atoms with van der Waals surface area (Å²) in [5.74, 6) is -0.904. The number of nitrogens with one attached hydrogen (secondary N) is 2. The molecule has 1 unspecified atom stereocenters. The second-order valence-corrected chi connectivity index (χ2v) is 9.49. The van der Waals surface area contributed by atoms with Crippen molar-refractivity contribution in [1.82, 2.24) is 19.7 Å². The predicted molar refractivity (Wildman–Crippen MR) is 139 cm³/mol. The van der Waals surface area contributed by atoms with Crippen molar-refractivity contribution in [3.05, 3.63) is 106 Å². The van der Waals surface area contributed by atoms with Crippen LogP contribution < -0.4 is 11.1 Å². The summed E-state index contributed by atoms with van der Waals surface area (Å²) in [7, 11) is 0. The highest BCUT2D eigenvalue weighted by atomic mass is 19.1. The first kappa shape index (κ1) is 24.5. The van der Waals surface area contributed by atoms with E-state index in [0.717, 1.165) is 16.8 Å². The molecule has 190 valence electrons. The first-order valence-electron chi connectivity index (χ1n) is 12.2. The molecule has 0 bridgehead atoms. The summed E-state index contributed by atoms with van der Waals surface area (Å²) in [4.78, 5) is 31.3. The van der Waals surface area contributed by atoms with Gasteiger partial charge >= 0.3 is 0 Å². The fraction of sp³-hybridized carbons (Fsp3) is 0.250. The number of H-pyrrole nitrogens is 1. The zero-order valence-electron chi connectivity index (χ0n) is 20.8. The van der Waals surface area contributed by atoms with Gasteiger partial charge in [0.05, 0.1) is 13.1 Å². The number of benzene rings is 2. The van der Waals surface area contributed by atoms with E-state index in [4.69, 9.17) is 10.8 Å². The van der Waals surface area contributed by atoms with Crippen LogP contribution in [0.3, 0.4) is 0 Å². The quantitative estimate of drug-likeness (QED) is 0.369. The second kappa shape index (κ2) is 10.0. The molecule has 0 radical (unpaired) electrons. The number of fused-ring (bicyclic) bond motifs is 1. The van der Waals surface area contributed by atoms with Gasteiger partial charge in [0.25, 0.3) is 11.8 Å². The van der Waals surface area contributed by atoms with Gasteiger partial charge in [0, 0.05) is 47.7 Å². The molecule has 8 nitrogen and oxygen atoms in total. The molecule has 0 aliphatic carbocycles. The largest absolute Gasteiger partial charge is 0.357 e. The van der Waals surface area contributed by atoms with E-state index in [1.165, 1.54) is 6.07 Å². The van der Waals surface area contributed by atoms with E-state index < -0.39 is 0 Å². The van der Waals surface area contributed by atoms with Crippen LogP contribution in [0.2, 0.25) is 0 Å². The minimum Gasteiger partial charge on any atom is -0.357 e. The zero-order valence-corrected chi connectivity index (χ0v) is 20.8. The van der Waals surface area contributed by atoms with E-state index in [0.29, 0.717) is 35.6 Å². The van der Waals surface area contributed by atoms with Gasteiger partial charge in [-0.3, -0.25) is 14.3 Å². The van der Waals surface area contributed by atoms with Gasteiger partial charge in [-0.25, -0.2) is 4.39 Å². The van der Waals surface area contributed by atoms with Crippen molar-refractivity contribution in [1.29, 1.82) is 0 Å². The summed E-state index contributed by atoms with van der Waals surface area (Å²) in [5, 5.41) is 7.67. The summed E-state index contributed by atoms with van der Waals surface area (Å²) < 4.78 is 15.8. The second-order valence-electron chi connectivity index (χ2n) is 9.49. The van der Waals surface area contributed by atoms with Crippen LogP contribution in [-0.4, -0.2) is 38.0 Å². The number of aryl methyl sites for hydroxylation is 1. The van der Waals surface area contributed by atoms with Crippen molar-refractivity contribution in [2.45, 2.75) is 39.4 Å². The topological polar surface area (TPSA) is 109 Å². The first-order valence-corrected chi connectivity index (χ1v) is 12.2. The van der Waals surface area contributed by atoms with Crippen LogP contribution in [-0.2, 0) is 19.6 Å². The van der Waals surface area contributed by atoms with E-state index in [1.54, 1.807) is 40.0 Å². The van der Waals surface area contributed by atoms with Crippen LogP contribution in [0.5, 0.6) is 0 Å². The molecule has 1 aliphatic rings. The molecule has 1 atom stereocenters. The number of rotatable bonds is 6. The van der Waals surface area contributed by atoms with Crippen molar-refractivity contribution in [2.24, 2.45) is 5.73 Å². The fourth-order valence-corrected chi connectivity index (χ4v) is 4.95. The summed E-state index contributed by atoms with van der Waals surface area (Å²) in [5.41, 5.74) is 11.0. The molecule has 0 fully saturated rings. The number of carbonyl (C=O) groups excluding carboxylic acids is 2. The van der Waals surface area contributed by atoms with Gasteiger partial charge in [0.15, 0.2) is 5.69 Å². The number of aromatic amines is 1. The number of halogens is 1. The SMILES string of the molecule is Cc1cccc(NC(=O)c2nn(Cc3ccc(F)c(CN)c3)c3c2CN(C(=O)c2ccc[nH]2)CC3C)c1. The lowest BCUT2D eigenvalue weighted by atomic mass is 9.95. The van der Waals surface area contributed by atoms with Crippen LogP contribution in [0, 0.1) is 12.7 Å². The molecule has 4 N–H and O–H groups in total. The number of hydrogen-bond donors (Lipinski definition) is 3. The van der Waals surface area contributed by atoms with Gasteiger partial charge in [-0.2, -0.15) is 5.10 Å². The molecule has 5 rings (SSSR count). The lowest BCUT2D eigenvalue weighted by Gasteiger charge is -2.32. The molecule has 0 saturated heterocycles. The standard InChI is InChI=1S/C28H29FN6O2/c1-17-5-3-6-21(11-17)32-27(36)25-22-16-34(28(37)24-7-4-10-31-24)14-18(2)26(22)35(33-25)15-19-8-9-23(29)20(12-19)13-30/h3-12,18,31H,13-16,30H2,1-2H3,(H,32,36). The van der Waals surface area contributed by atoms with E-state index in [1.807, 2.05) is 38.1 Å². The van der Waals surface area contributed by atoms with Crippen molar-refractivity contribution in [2.75, 3.05) is 11.9 Å². The van der Waals surface area contributed by atoms with Crippen molar-refractivity contribution in [3.63, 3.8) is 0 Å². The Kier molecular flexibility index (Phi) is 6.62. The van der Waals surface area contributed by atoms with Crippen molar-refractivity contribution in [3.8, 4) is 0 Å². The highest BCUT2D eigenvalue weighted by Crippen LogP contribution is 2.32. The lowest BCUT2D eigenvalue weighted by molar-refractivity contribution is 0.0711. The summed E-state index contributed by atoms with van der Waals surface area (Å²) in [6, 6.07) is 15.9. The van der Waals surface area contributed by atoms with E-state index in [-0.39, 0.29) is 42.3 Å². The molecule has 1 aliphatic heterocycles. The molecular formula is C28H29FN6O2. The minimum absolute atomic E-state index is 0.0786. The van der Waals surface area contributed by atoms with Gasteiger partial charge in [0.1, 0.15) is 11.5 Å². The highest BCUT2D eigenvalue weighted by molar-refractivity contribution is 6.04. The summed E-state index contributed by atoms with van der Waals surface area (Å²) >= 11 is 0. The van der Waals surface area contributed by atoms with Crippen LogP contribution in [0.25, 0.3) is 0 Å². The molecule has 2 aromatic carbocycles. The number of aromatic nitrogens is 3. The average Bonchev–Trinajstić information content (AvgIpc) is 3.54. The lowest BCUT2D eigenvalue weighted by Crippen LogP contribution is -2.38. The van der Waals surface area contributed by atoms with Gasteiger partial charge in [0.2, 0.25) is 0 Å². The molecule has 0 spiro atoms. The van der Waals surface area contributed by atoms with Gasteiger partial charge < -0.3 is 20.9 Å². The van der Waals surface area contributed by atoms with E-state index in [9.17, 15) is 14.0 Å². The molecule has 9 heteroatoms. The van der Waals surface area contributed by atoms with Crippen LogP contribution >= 0.6 is 0 Å². The van der Waals surface area contributed by atoms with Crippen molar-refractivity contribution >= 4 is 17.5 Å². The molecule has 2 aromatic heterocycles. The molecular weight excluding hydrogens is 471 g/mol. The average molecular weight is 501 g/mol. The number of nitrogens with two attached hydrogens (primary N) is 1. The Hall–Kier alpha value is -4.24. The van der Waals surface area contributed by atoms with Crippen LogP contribution in [0.15, 0.2) is 60.8 Å². The van der Waals surface area contributed by atoms with Crippen LogP contribution in [0.1, 0.15) is 61.8 Å². The zero-order chi connectivity index (χ0) is 26.1. The predicted octanol–water partition coefficient (Wildman–Crippen LogP) is 4.18. The van der Waals surface area contributed by atoms with Crippen molar-refractivity contribution < 1.29 is 14.0 Å². The maximum absolute atomic E-state index is 14.0. The minimum atomic E-state index is -0.348. The Labute approximate surface area is 214 Å². The fourth-order valence-electron chi connectivity index (χ4n) is 4.95. The molecule has 4 aromatic rings. The molecule has 3 heterocycles. The number of hydrogen-bond acceptors (Lipinski definition) is 4. The monoisotopic (exact) mass is 500 g/mol. The molecule has 37 heavy (non-hydrogen) atoms. The smallest absolute Gasteiger partial charge is 0.276 e. The summed E-state index contributed by atoms with van der Waals surface area (Å²) in [6.45, 7) is 5.15. The Balaban J connectivity index is 1.53. The third-order valence-electron chi connectivity index (χ3n) is 6.67. The number of anilines is 1. The third kappa shape index (κ3) is 4.90. The van der Waals surface area contributed by atoms with E-state index >= 15 is 0 Å². The Morgan fingerprint density at radius 3 is 2.76 bits per heavy atom. The summed E-state index contributed by atoms with van der Waals surface area (Å²) in [6.07, 6.45) is 1.71. The molecule has 0 saturated carbocycles. The highest BCUT2D eigenvalue weighted by Gasteiger charge is 2.34. The number of amides is 2. The molecule has 2 amide bonds. The van der Waals surface area contributed by atoms with E-state index in [2.05, 4.69) is 10.3 Å². The van der Waals surface area contributed by atoms with Crippen LogP contribution in [0.4, 0.5) is 10.1 Å². The number of carbonyl (C=O) groups is 2. The number of nitrogens with zero attached hydrogens (tertiary/aromatic N) is 3.